The topological polar surface area (TPSA) is 32.3 Å². The molecule has 1 aromatic rings. The largest absolute Gasteiger partial charge is 0.350 e. The van der Waals surface area contributed by atoms with Crippen molar-refractivity contribution >= 4 is 21.8 Å². The van der Waals surface area contributed by atoms with Crippen molar-refractivity contribution < 1.29 is 4.79 Å². The molecule has 0 bridgehead atoms. The van der Waals surface area contributed by atoms with E-state index in [-0.39, 0.29) is 5.91 Å². The third kappa shape index (κ3) is 4.13. The molecule has 0 spiro atoms. The van der Waals surface area contributed by atoms with E-state index in [2.05, 4.69) is 33.1 Å². The molecule has 0 heterocycles. The predicted molar refractivity (Wildman–Crippen MR) is 74.4 cm³/mol. The van der Waals surface area contributed by atoms with Gasteiger partial charge in [-0.2, -0.15) is 0 Å². The standard InChI is InChI=1S/C13H19BrN2O/c1-9-5-6-11(7-12(9)14)13(17)15-8-10(2)16(3)4/h5-7,10H,8H2,1-4H3,(H,15,17). The number of nitrogens with zero attached hydrogens (tertiary/aromatic N) is 1. The Morgan fingerprint density at radius 3 is 2.65 bits per heavy atom. The first-order chi connectivity index (χ1) is 7.91. The lowest BCUT2D eigenvalue weighted by atomic mass is 10.1. The van der Waals surface area contributed by atoms with E-state index in [1.807, 2.05) is 39.2 Å². The van der Waals surface area contributed by atoms with Gasteiger partial charge in [0.2, 0.25) is 0 Å². The van der Waals surface area contributed by atoms with Gasteiger partial charge in [-0.05, 0) is 45.6 Å². The molecule has 0 aliphatic heterocycles. The zero-order valence-electron chi connectivity index (χ0n) is 10.7. The number of hydrogen-bond donors (Lipinski definition) is 1. The Morgan fingerprint density at radius 2 is 2.12 bits per heavy atom. The zero-order valence-corrected chi connectivity index (χ0v) is 12.3. The second-order valence-electron chi connectivity index (χ2n) is 4.49. The normalized spacial score (nSPS) is 12.6. The quantitative estimate of drug-likeness (QED) is 0.926. The van der Waals surface area contributed by atoms with E-state index in [1.165, 1.54) is 0 Å². The monoisotopic (exact) mass is 298 g/mol. The molecule has 0 aliphatic carbocycles. The number of aryl methyl sites for hydroxylation is 1. The zero-order chi connectivity index (χ0) is 13.0. The Bertz CT molecular complexity index is 404. The number of amides is 1. The van der Waals surface area contributed by atoms with Crippen molar-refractivity contribution in [3.8, 4) is 0 Å². The predicted octanol–water partition coefficient (Wildman–Crippen LogP) is 2.44. The maximum atomic E-state index is 11.9. The summed E-state index contributed by atoms with van der Waals surface area (Å²) < 4.78 is 0.964. The number of rotatable bonds is 4. The fourth-order valence-electron chi connectivity index (χ4n) is 1.26. The van der Waals surface area contributed by atoms with Crippen LogP contribution in [0.4, 0.5) is 0 Å². The first-order valence-electron chi connectivity index (χ1n) is 5.62. The van der Waals surface area contributed by atoms with Crippen molar-refractivity contribution in [2.24, 2.45) is 0 Å². The summed E-state index contributed by atoms with van der Waals surface area (Å²) in [4.78, 5) is 14.0. The van der Waals surface area contributed by atoms with Gasteiger partial charge in [-0.15, -0.1) is 0 Å². The molecule has 0 fully saturated rings. The van der Waals surface area contributed by atoms with Crippen molar-refractivity contribution in [3.05, 3.63) is 33.8 Å². The average Bonchev–Trinajstić information content (AvgIpc) is 2.28. The van der Waals surface area contributed by atoms with Gasteiger partial charge in [0, 0.05) is 22.6 Å². The second-order valence-corrected chi connectivity index (χ2v) is 5.34. The van der Waals surface area contributed by atoms with E-state index in [0.717, 1.165) is 10.0 Å². The Kier molecular flexibility index (Phi) is 5.15. The number of benzene rings is 1. The Morgan fingerprint density at radius 1 is 1.47 bits per heavy atom. The maximum absolute atomic E-state index is 11.9. The van der Waals surface area contributed by atoms with E-state index in [4.69, 9.17) is 0 Å². The molecular formula is C13H19BrN2O. The molecule has 17 heavy (non-hydrogen) atoms. The van der Waals surface area contributed by atoms with E-state index in [0.29, 0.717) is 18.2 Å². The van der Waals surface area contributed by atoms with Crippen LogP contribution in [0, 0.1) is 6.92 Å². The molecule has 0 aliphatic rings. The molecule has 94 valence electrons. The van der Waals surface area contributed by atoms with Crippen molar-refractivity contribution in [1.82, 2.24) is 10.2 Å². The van der Waals surface area contributed by atoms with Crippen LogP contribution in [0.1, 0.15) is 22.8 Å². The lowest BCUT2D eigenvalue weighted by molar-refractivity contribution is 0.0943. The van der Waals surface area contributed by atoms with E-state index >= 15 is 0 Å². The molecule has 0 radical (unpaired) electrons. The number of halogens is 1. The molecule has 1 unspecified atom stereocenters. The fourth-order valence-corrected chi connectivity index (χ4v) is 1.64. The Balaban J connectivity index is 2.61. The van der Waals surface area contributed by atoms with Gasteiger partial charge < -0.3 is 10.2 Å². The maximum Gasteiger partial charge on any atom is 0.251 e. The smallest absolute Gasteiger partial charge is 0.251 e. The van der Waals surface area contributed by atoms with Gasteiger partial charge in [0.05, 0.1) is 0 Å². The van der Waals surface area contributed by atoms with Crippen molar-refractivity contribution in [3.63, 3.8) is 0 Å². The minimum atomic E-state index is -0.0283. The molecule has 0 aromatic heterocycles. The molecule has 0 saturated carbocycles. The minimum Gasteiger partial charge on any atom is -0.350 e. The summed E-state index contributed by atoms with van der Waals surface area (Å²) in [5.74, 6) is -0.0283. The van der Waals surface area contributed by atoms with Gasteiger partial charge in [-0.25, -0.2) is 0 Å². The number of nitrogens with one attached hydrogen (secondary N) is 1. The number of likely N-dealkylation sites (N-methyl/N-ethyl adjacent to an activating group) is 1. The minimum absolute atomic E-state index is 0.0283. The van der Waals surface area contributed by atoms with Gasteiger partial charge in [-0.3, -0.25) is 4.79 Å². The molecular weight excluding hydrogens is 280 g/mol. The van der Waals surface area contributed by atoms with Crippen molar-refractivity contribution in [1.29, 1.82) is 0 Å². The summed E-state index contributed by atoms with van der Waals surface area (Å²) >= 11 is 3.43. The van der Waals surface area contributed by atoms with E-state index < -0.39 is 0 Å². The molecule has 3 nitrogen and oxygen atoms in total. The number of carbonyl (C=O) groups excluding carboxylic acids is 1. The molecule has 0 saturated heterocycles. The number of hydrogen-bond acceptors (Lipinski definition) is 2. The second kappa shape index (κ2) is 6.17. The van der Waals surface area contributed by atoms with Gasteiger partial charge in [0.15, 0.2) is 0 Å². The molecule has 4 heteroatoms. The lowest BCUT2D eigenvalue weighted by Gasteiger charge is -2.20. The first-order valence-corrected chi connectivity index (χ1v) is 6.42. The first kappa shape index (κ1) is 14.2. The van der Waals surface area contributed by atoms with Crippen LogP contribution in [0.25, 0.3) is 0 Å². The summed E-state index contributed by atoms with van der Waals surface area (Å²) in [6.45, 7) is 4.72. The summed E-state index contributed by atoms with van der Waals surface area (Å²) in [5.41, 5.74) is 1.82. The van der Waals surface area contributed by atoms with Crippen LogP contribution in [0.5, 0.6) is 0 Å². The van der Waals surface area contributed by atoms with Crippen molar-refractivity contribution in [2.45, 2.75) is 19.9 Å². The Labute approximate surface area is 111 Å². The molecule has 1 rings (SSSR count). The SMILES string of the molecule is Cc1ccc(C(=O)NCC(C)N(C)C)cc1Br. The fraction of sp³-hybridized carbons (Fsp3) is 0.462. The van der Waals surface area contributed by atoms with Crippen LogP contribution in [0.3, 0.4) is 0 Å². The van der Waals surface area contributed by atoms with Crippen LogP contribution in [0.2, 0.25) is 0 Å². The highest BCUT2D eigenvalue weighted by Crippen LogP contribution is 2.17. The highest BCUT2D eigenvalue weighted by atomic mass is 79.9. The molecule has 1 atom stereocenters. The van der Waals surface area contributed by atoms with Crippen LogP contribution in [-0.4, -0.2) is 37.5 Å². The van der Waals surface area contributed by atoms with Crippen LogP contribution < -0.4 is 5.32 Å². The van der Waals surface area contributed by atoms with Gasteiger partial charge in [-0.1, -0.05) is 22.0 Å². The molecule has 1 amide bonds. The van der Waals surface area contributed by atoms with Gasteiger partial charge in [0.25, 0.3) is 5.91 Å². The highest BCUT2D eigenvalue weighted by molar-refractivity contribution is 9.10. The highest BCUT2D eigenvalue weighted by Gasteiger charge is 2.09. The average molecular weight is 299 g/mol. The summed E-state index contributed by atoms with van der Waals surface area (Å²) in [6.07, 6.45) is 0. The summed E-state index contributed by atoms with van der Waals surface area (Å²) in [5, 5.41) is 2.93. The van der Waals surface area contributed by atoms with Gasteiger partial charge in [0.1, 0.15) is 0 Å². The van der Waals surface area contributed by atoms with Crippen LogP contribution >= 0.6 is 15.9 Å². The lowest BCUT2D eigenvalue weighted by Crippen LogP contribution is -2.38. The van der Waals surface area contributed by atoms with E-state index in [9.17, 15) is 4.79 Å². The van der Waals surface area contributed by atoms with Gasteiger partial charge >= 0.3 is 0 Å². The Hall–Kier alpha value is -0.870. The molecule has 1 N–H and O–H groups in total. The van der Waals surface area contributed by atoms with Crippen LogP contribution in [0.15, 0.2) is 22.7 Å². The third-order valence-electron chi connectivity index (χ3n) is 2.87. The van der Waals surface area contributed by atoms with Crippen molar-refractivity contribution in [2.75, 3.05) is 20.6 Å². The van der Waals surface area contributed by atoms with Crippen LogP contribution in [-0.2, 0) is 0 Å². The summed E-state index contributed by atoms with van der Waals surface area (Å²) in [7, 11) is 4.00. The third-order valence-corrected chi connectivity index (χ3v) is 3.73. The van der Waals surface area contributed by atoms with E-state index in [1.54, 1.807) is 0 Å². The number of carbonyl (C=O) groups is 1. The molecule has 1 aromatic carbocycles. The summed E-state index contributed by atoms with van der Waals surface area (Å²) in [6, 6.07) is 5.96.